The van der Waals surface area contributed by atoms with Gasteiger partial charge in [-0.2, -0.15) is 0 Å². The Balaban J connectivity index is 1.65. The largest absolute Gasteiger partial charge is 0.487 e. The number of carbonyl (C=O) groups excluding carboxylic acids is 2. The molecule has 1 aromatic carbocycles. The molecule has 0 aliphatic carbocycles. The van der Waals surface area contributed by atoms with E-state index in [-0.39, 0.29) is 5.57 Å². The molecule has 140 valence electrons. The van der Waals surface area contributed by atoms with Gasteiger partial charge in [0.05, 0.1) is 5.02 Å². The number of nitrogens with zero attached hydrogens (tertiary/aromatic N) is 1. The van der Waals surface area contributed by atoms with Gasteiger partial charge in [-0.05, 0) is 24.3 Å². The van der Waals surface area contributed by atoms with Crippen molar-refractivity contribution in [1.29, 1.82) is 0 Å². The summed E-state index contributed by atoms with van der Waals surface area (Å²) in [4.78, 5) is 27.8. The minimum Gasteiger partial charge on any atom is -0.487 e. The van der Waals surface area contributed by atoms with Crippen LogP contribution in [0.5, 0.6) is 5.75 Å². The molecular weight excluding hydrogens is 372 g/mol. The number of anilines is 1. The van der Waals surface area contributed by atoms with Gasteiger partial charge in [-0.15, -0.1) is 0 Å². The lowest BCUT2D eigenvalue weighted by Crippen LogP contribution is -2.42. The number of esters is 2. The molecule has 1 aliphatic rings. The van der Waals surface area contributed by atoms with E-state index in [1.807, 2.05) is 12.1 Å². The van der Waals surface area contributed by atoms with Crippen molar-refractivity contribution >= 4 is 29.2 Å². The maximum absolute atomic E-state index is 11.9. The first-order chi connectivity index (χ1) is 12.8. The van der Waals surface area contributed by atoms with Crippen LogP contribution < -0.4 is 10.1 Å². The molecule has 2 aromatic rings. The van der Waals surface area contributed by atoms with Crippen LogP contribution in [0.25, 0.3) is 0 Å². The van der Waals surface area contributed by atoms with E-state index < -0.39 is 17.7 Å². The number of hydrogen-bond donors (Lipinski definition) is 1. The molecular formula is C19H17ClN2O5. The Morgan fingerprint density at radius 3 is 2.59 bits per heavy atom. The number of aromatic nitrogens is 1. The van der Waals surface area contributed by atoms with Crippen molar-refractivity contribution in [3.8, 4) is 5.75 Å². The average molecular weight is 389 g/mol. The van der Waals surface area contributed by atoms with E-state index in [0.29, 0.717) is 23.1 Å². The second-order valence-electron chi connectivity index (χ2n) is 6.18. The average Bonchev–Trinajstić information content (AvgIpc) is 2.60. The van der Waals surface area contributed by atoms with Crippen LogP contribution in [0.1, 0.15) is 19.4 Å². The Bertz CT molecular complexity index is 874. The minimum atomic E-state index is -1.28. The quantitative estimate of drug-likeness (QED) is 0.477. The highest BCUT2D eigenvalue weighted by Crippen LogP contribution is 2.29. The molecule has 1 N–H and O–H groups in total. The van der Waals surface area contributed by atoms with Crippen molar-refractivity contribution in [2.24, 2.45) is 0 Å². The highest BCUT2D eigenvalue weighted by atomic mass is 35.5. The summed E-state index contributed by atoms with van der Waals surface area (Å²) in [5.41, 5.74) is 1.24. The van der Waals surface area contributed by atoms with E-state index in [9.17, 15) is 9.59 Å². The lowest BCUT2D eigenvalue weighted by atomic mass is 10.2. The number of rotatable bonds is 5. The molecule has 1 saturated heterocycles. The number of nitrogens with one attached hydrogen (secondary N) is 1. The Morgan fingerprint density at radius 1 is 1.22 bits per heavy atom. The zero-order valence-electron chi connectivity index (χ0n) is 14.7. The van der Waals surface area contributed by atoms with Crippen molar-refractivity contribution in [2.45, 2.75) is 26.2 Å². The van der Waals surface area contributed by atoms with Crippen molar-refractivity contribution in [2.75, 3.05) is 5.32 Å². The van der Waals surface area contributed by atoms with Crippen molar-refractivity contribution < 1.29 is 23.8 Å². The van der Waals surface area contributed by atoms with Gasteiger partial charge in [0.15, 0.2) is 5.57 Å². The molecule has 1 aliphatic heterocycles. The molecule has 1 aromatic heterocycles. The number of benzene rings is 1. The number of ether oxygens (including phenoxy) is 3. The van der Waals surface area contributed by atoms with Crippen LogP contribution in [-0.4, -0.2) is 22.7 Å². The molecule has 3 rings (SSSR count). The van der Waals surface area contributed by atoms with Gasteiger partial charge in [-0.1, -0.05) is 17.7 Å². The van der Waals surface area contributed by atoms with Crippen molar-refractivity contribution in [3.63, 3.8) is 0 Å². The maximum atomic E-state index is 11.9. The first-order valence-corrected chi connectivity index (χ1v) is 8.46. The summed E-state index contributed by atoms with van der Waals surface area (Å²) in [6, 6.07) is 8.71. The van der Waals surface area contributed by atoms with Crippen LogP contribution in [0, 0.1) is 0 Å². The molecule has 7 nitrogen and oxygen atoms in total. The van der Waals surface area contributed by atoms with E-state index in [1.54, 1.807) is 30.6 Å². The highest BCUT2D eigenvalue weighted by molar-refractivity contribution is 6.32. The Morgan fingerprint density at radius 2 is 1.96 bits per heavy atom. The number of pyridine rings is 1. The van der Waals surface area contributed by atoms with Gasteiger partial charge in [-0.25, -0.2) is 9.59 Å². The van der Waals surface area contributed by atoms with Crippen LogP contribution >= 0.6 is 11.6 Å². The van der Waals surface area contributed by atoms with Crippen LogP contribution in [0.2, 0.25) is 5.02 Å². The Kier molecular flexibility index (Phi) is 5.32. The summed E-state index contributed by atoms with van der Waals surface area (Å²) in [6.07, 6.45) is 4.62. The molecule has 0 unspecified atom stereocenters. The number of carbonyl (C=O) groups is 2. The lowest BCUT2D eigenvalue weighted by molar-refractivity contribution is -0.222. The second-order valence-corrected chi connectivity index (χ2v) is 6.58. The molecule has 1 fully saturated rings. The second kappa shape index (κ2) is 7.67. The first kappa shape index (κ1) is 18.7. The predicted molar refractivity (Wildman–Crippen MR) is 98.0 cm³/mol. The van der Waals surface area contributed by atoms with E-state index in [4.69, 9.17) is 25.8 Å². The third-order valence-electron chi connectivity index (χ3n) is 3.55. The van der Waals surface area contributed by atoms with E-state index in [2.05, 4.69) is 10.3 Å². The van der Waals surface area contributed by atoms with Crippen LogP contribution in [-0.2, 0) is 25.7 Å². The number of cyclic esters (lactones) is 2. The van der Waals surface area contributed by atoms with Gasteiger partial charge in [0.2, 0.25) is 0 Å². The fourth-order valence-corrected chi connectivity index (χ4v) is 2.52. The lowest BCUT2D eigenvalue weighted by Gasteiger charge is -2.29. The van der Waals surface area contributed by atoms with Gasteiger partial charge < -0.3 is 19.5 Å². The topological polar surface area (TPSA) is 86.8 Å². The SMILES string of the molecule is CC1(C)OC(=O)C(=CNc2ccc(OCc3cccnc3)c(Cl)c2)C(=O)O1. The van der Waals surface area contributed by atoms with E-state index in [1.165, 1.54) is 20.0 Å². The third kappa shape index (κ3) is 4.77. The minimum absolute atomic E-state index is 0.234. The molecule has 2 heterocycles. The highest BCUT2D eigenvalue weighted by Gasteiger charge is 2.38. The molecule has 0 saturated carbocycles. The smallest absolute Gasteiger partial charge is 0.350 e. The van der Waals surface area contributed by atoms with Crippen molar-refractivity contribution in [3.05, 3.63) is 65.1 Å². The molecule has 8 heteroatoms. The zero-order valence-corrected chi connectivity index (χ0v) is 15.4. The summed E-state index contributed by atoms with van der Waals surface area (Å²) in [5.74, 6) is -2.29. The Hall–Kier alpha value is -3.06. The van der Waals surface area contributed by atoms with Crippen LogP contribution in [0.15, 0.2) is 54.5 Å². The zero-order chi connectivity index (χ0) is 19.4. The Labute approximate surface area is 160 Å². The summed E-state index contributed by atoms with van der Waals surface area (Å²) in [5, 5.41) is 3.20. The summed E-state index contributed by atoms with van der Waals surface area (Å²) in [6.45, 7) is 3.30. The normalized spacial score (nSPS) is 15.6. The van der Waals surface area contributed by atoms with E-state index >= 15 is 0 Å². The van der Waals surface area contributed by atoms with Crippen molar-refractivity contribution in [1.82, 2.24) is 4.98 Å². The van der Waals surface area contributed by atoms with E-state index in [0.717, 1.165) is 5.56 Å². The molecule has 0 spiro atoms. The molecule has 0 amide bonds. The maximum Gasteiger partial charge on any atom is 0.350 e. The fraction of sp³-hybridized carbons (Fsp3) is 0.211. The van der Waals surface area contributed by atoms with Gasteiger partial charge in [0.25, 0.3) is 5.79 Å². The molecule has 0 radical (unpaired) electrons. The molecule has 0 bridgehead atoms. The monoisotopic (exact) mass is 388 g/mol. The predicted octanol–water partition coefficient (Wildman–Crippen LogP) is 3.45. The van der Waals surface area contributed by atoms with Gasteiger partial charge in [-0.3, -0.25) is 4.98 Å². The van der Waals surface area contributed by atoms with Crippen LogP contribution in [0.3, 0.4) is 0 Å². The molecule has 0 atom stereocenters. The number of hydrogen-bond acceptors (Lipinski definition) is 7. The number of halogens is 1. The summed E-state index contributed by atoms with van der Waals surface area (Å²) < 4.78 is 15.7. The summed E-state index contributed by atoms with van der Waals surface area (Å²) in [7, 11) is 0. The van der Waals surface area contributed by atoms with Gasteiger partial charge in [0, 0.05) is 43.7 Å². The molecule has 27 heavy (non-hydrogen) atoms. The fourth-order valence-electron chi connectivity index (χ4n) is 2.29. The standard InChI is InChI=1S/C19H17ClN2O5/c1-19(2)26-17(23)14(18(24)27-19)10-22-13-5-6-16(15(20)8-13)25-11-12-4-3-7-21-9-12/h3-10,22H,11H2,1-2H3. The van der Waals surface area contributed by atoms with Crippen LogP contribution in [0.4, 0.5) is 5.69 Å². The first-order valence-electron chi connectivity index (χ1n) is 8.09. The van der Waals surface area contributed by atoms with Gasteiger partial charge in [0.1, 0.15) is 12.4 Å². The summed E-state index contributed by atoms with van der Waals surface area (Å²) >= 11 is 6.23. The third-order valence-corrected chi connectivity index (χ3v) is 3.84. The van der Waals surface area contributed by atoms with Gasteiger partial charge >= 0.3 is 11.9 Å².